The second-order valence-corrected chi connectivity index (χ2v) is 4.38. The number of aromatic nitrogens is 3. The SMILES string of the molecule is CCOC(=O)c1cc(-c2nnc(C(F)(F)F)o2)c(C)nc1C. The highest BCUT2D eigenvalue weighted by atomic mass is 19.4. The van der Waals surface area contributed by atoms with Crippen LogP contribution in [0, 0.1) is 13.8 Å². The third kappa shape index (κ3) is 3.07. The van der Waals surface area contributed by atoms with Crippen molar-refractivity contribution in [2.75, 3.05) is 6.61 Å². The lowest BCUT2D eigenvalue weighted by Crippen LogP contribution is -2.09. The Morgan fingerprint density at radius 3 is 2.50 bits per heavy atom. The summed E-state index contributed by atoms with van der Waals surface area (Å²) in [5, 5.41) is 6.31. The molecule has 22 heavy (non-hydrogen) atoms. The second kappa shape index (κ2) is 5.74. The number of aryl methyl sites for hydroxylation is 2. The van der Waals surface area contributed by atoms with Crippen LogP contribution >= 0.6 is 0 Å². The zero-order valence-electron chi connectivity index (χ0n) is 12.0. The Morgan fingerprint density at radius 2 is 1.95 bits per heavy atom. The fourth-order valence-corrected chi connectivity index (χ4v) is 1.80. The molecule has 0 saturated heterocycles. The van der Waals surface area contributed by atoms with Gasteiger partial charge in [-0.3, -0.25) is 4.98 Å². The second-order valence-electron chi connectivity index (χ2n) is 4.38. The smallest absolute Gasteiger partial charge is 0.462 e. The Labute approximate surface area is 123 Å². The van der Waals surface area contributed by atoms with Crippen LogP contribution in [-0.2, 0) is 10.9 Å². The Bertz CT molecular complexity index is 710. The van der Waals surface area contributed by atoms with Gasteiger partial charge in [-0.1, -0.05) is 0 Å². The van der Waals surface area contributed by atoms with Crippen molar-refractivity contribution in [1.82, 2.24) is 15.2 Å². The molecule has 2 aromatic rings. The number of ether oxygens (including phenoxy) is 1. The maximum atomic E-state index is 12.5. The predicted octanol–water partition coefficient (Wildman–Crippen LogP) is 2.94. The van der Waals surface area contributed by atoms with Crippen molar-refractivity contribution < 1.29 is 27.1 Å². The average molecular weight is 315 g/mol. The van der Waals surface area contributed by atoms with Gasteiger partial charge in [-0.15, -0.1) is 10.2 Å². The van der Waals surface area contributed by atoms with E-state index in [9.17, 15) is 18.0 Å². The number of halogens is 3. The van der Waals surface area contributed by atoms with Crippen LogP contribution in [0.1, 0.15) is 34.6 Å². The van der Waals surface area contributed by atoms with Crippen molar-refractivity contribution in [2.24, 2.45) is 0 Å². The summed E-state index contributed by atoms with van der Waals surface area (Å²) >= 11 is 0. The minimum absolute atomic E-state index is 0.134. The number of rotatable bonds is 3. The van der Waals surface area contributed by atoms with E-state index >= 15 is 0 Å². The van der Waals surface area contributed by atoms with Gasteiger partial charge in [0.1, 0.15) is 0 Å². The fourth-order valence-electron chi connectivity index (χ4n) is 1.80. The summed E-state index contributed by atoms with van der Waals surface area (Å²) in [6.07, 6.45) is -4.73. The van der Waals surface area contributed by atoms with Crippen molar-refractivity contribution in [3.8, 4) is 11.5 Å². The zero-order valence-corrected chi connectivity index (χ0v) is 12.0. The van der Waals surface area contributed by atoms with Crippen molar-refractivity contribution in [3.05, 3.63) is 28.9 Å². The molecule has 0 saturated carbocycles. The van der Waals surface area contributed by atoms with E-state index in [1.807, 2.05) is 0 Å². The van der Waals surface area contributed by atoms with Gasteiger partial charge in [0.2, 0.25) is 5.89 Å². The van der Waals surface area contributed by atoms with Crippen LogP contribution in [0.5, 0.6) is 0 Å². The number of carbonyl (C=O) groups excluding carboxylic acids is 1. The third-order valence-corrected chi connectivity index (χ3v) is 2.80. The monoisotopic (exact) mass is 315 g/mol. The number of nitrogens with zero attached hydrogens (tertiary/aromatic N) is 3. The number of carbonyl (C=O) groups is 1. The van der Waals surface area contributed by atoms with E-state index in [4.69, 9.17) is 4.74 Å². The molecule has 0 aliphatic rings. The van der Waals surface area contributed by atoms with Gasteiger partial charge in [0.15, 0.2) is 0 Å². The highest BCUT2D eigenvalue weighted by Gasteiger charge is 2.38. The van der Waals surface area contributed by atoms with Crippen LogP contribution in [0.25, 0.3) is 11.5 Å². The number of hydrogen-bond donors (Lipinski definition) is 0. The molecule has 2 aromatic heterocycles. The van der Waals surface area contributed by atoms with E-state index in [0.717, 1.165) is 0 Å². The van der Waals surface area contributed by atoms with Crippen LogP contribution in [0.3, 0.4) is 0 Å². The van der Waals surface area contributed by atoms with Gasteiger partial charge < -0.3 is 9.15 Å². The van der Waals surface area contributed by atoms with E-state index in [2.05, 4.69) is 19.6 Å². The summed E-state index contributed by atoms with van der Waals surface area (Å²) in [6.45, 7) is 4.97. The first-order chi connectivity index (χ1) is 10.2. The molecule has 0 atom stereocenters. The molecular formula is C13H12F3N3O3. The van der Waals surface area contributed by atoms with Gasteiger partial charge in [-0.25, -0.2) is 4.79 Å². The van der Waals surface area contributed by atoms with E-state index in [0.29, 0.717) is 11.4 Å². The minimum Gasteiger partial charge on any atom is -0.462 e. The number of hydrogen-bond acceptors (Lipinski definition) is 6. The molecule has 2 rings (SSSR count). The molecule has 0 aromatic carbocycles. The van der Waals surface area contributed by atoms with Crippen molar-refractivity contribution in [3.63, 3.8) is 0 Å². The summed E-state index contributed by atoms with van der Waals surface area (Å²) in [4.78, 5) is 15.9. The summed E-state index contributed by atoms with van der Waals surface area (Å²) in [5.74, 6) is -2.44. The Morgan fingerprint density at radius 1 is 1.27 bits per heavy atom. The molecule has 0 radical (unpaired) electrons. The van der Waals surface area contributed by atoms with E-state index in [1.54, 1.807) is 20.8 Å². The standard InChI is InChI=1S/C13H12F3N3O3/c1-4-21-11(20)9-5-8(6(2)17-7(9)3)10-18-19-12(22-10)13(14,15)16/h5H,4H2,1-3H3. The van der Waals surface area contributed by atoms with E-state index in [1.165, 1.54) is 6.07 Å². The average Bonchev–Trinajstić information content (AvgIpc) is 2.88. The molecule has 0 amide bonds. The minimum atomic E-state index is -4.73. The zero-order chi connectivity index (χ0) is 16.5. The quantitative estimate of drug-likeness (QED) is 0.810. The maximum Gasteiger partial charge on any atom is 0.470 e. The molecule has 0 aliphatic heterocycles. The normalized spacial score (nSPS) is 11.5. The topological polar surface area (TPSA) is 78.1 Å². The molecular weight excluding hydrogens is 303 g/mol. The fraction of sp³-hybridized carbons (Fsp3) is 0.385. The molecule has 6 nitrogen and oxygen atoms in total. The number of esters is 1. The summed E-state index contributed by atoms with van der Waals surface area (Å²) in [6, 6.07) is 1.34. The molecule has 0 bridgehead atoms. The lowest BCUT2D eigenvalue weighted by atomic mass is 10.1. The molecule has 9 heteroatoms. The lowest BCUT2D eigenvalue weighted by molar-refractivity contribution is -0.156. The van der Waals surface area contributed by atoms with Gasteiger partial charge >= 0.3 is 18.0 Å². The van der Waals surface area contributed by atoms with Gasteiger partial charge in [-0.05, 0) is 26.8 Å². The first-order valence-electron chi connectivity index (χ1n) is 6.30. The first kappa shape index (κ1) is 15.9. The molecule has 2 heterocycles. The molecule has 0 fully saturated rings. The first-order valence-corrected chi connectivity index (χ1v) is 6.30. The Balaban J connectivity index is 2.49. The van der Waals surface area contributed by atoms with Gasteiger partial charge in [0.25, 0.3) is 0 Å². The lowest BCUT2D eigenvalue weighted by Gasteiger charge is -2.08. The van der Waals surface area contributed by atoms with Gasteiger partial charge in [-0.2, -0.15) is 13.2 Å². The highest BCUT2D eigenvalue weighted by Crippen LogP contribution is 2.31. The largest absolute Gasteiger partial charge is 0.470 e. The molecule has 0 aliphatic carbocycles. The highest BCUT2D eigenvalue weighted by molar-refractivity contribution is 5.92. The van der Waals surface area contributed by atoms with Crippen LogP contribution in [-0.4, -0.2) is 27.8 Å². The number of alkyl halides is 3. The van der Waals surface area contributed by atoms with Crippen molar-refractivity contribution in [1.29, 1.82) is 0 Å². The van der Waals surface area contributed by atoms with Crippen LogP contribution in [0.4, 0.5) is 13.2 Å². The predicted molar refractivity (Wildman–Crippen MR) is 68.0 cm³/mol. The molecule has 0 spiro atoms. The molecule has 0 N–H and O–H groups in total. The molecule has 118 valence electrons. The Hall–Kier alpha value is -2.45. The third-order valence-electron chi connectivity index (χ3n) is 2.80. The maximum absolute atomic E-state index is 12.5. The summed E-state index contributed by atoms with van der Waals surface area (Å²) in [5.41, 5.74) is 1.05. The summed E-state index contributed by atoms with van der Waals surface area (Å²) < 4.78 is 47.0. The number of pyridine rings is 1. The van der Waals surface area contributed by atoms with E-state index < -0.39 is 18.0 Å². The van der Waals surface area contributed by atoms with Crippen LogP contribution in [0.2, 0.25) is 0 Å². The van der Waals surface area contributed by atoms with Crippen molar-refractivity contribution in [2.45, 2.75) is 26.9 Å². The Kier molecular flexibility index (Phi) is 4.16. The van der Waals surface area contributed by atoms with Gasteiger partial charge in [0, 0.05) is 0 Å². The van der Waals surface area contributed by atoms with Crippen LogP contribution < -0.4 is 0 Å². The van der Waals surface area contributed by atoms with Crippen LogP contribution in [0.15, 0.2) is 10.5 Å². The van der Waals surface area contributed by atoms with E-state index in [-0.39, 0.29) is 23.6 Å². The van der Waals surface area contributed by atoms with Crippen molar-refractivity contribution >= 4 is 5.97 Å². The molecule has 0 unspecified atom stereocenters. The summed E-state index contributed by atoms with van der Waals surface area (Å²) in [7, 11) is 0. The van der Waals surface area contributed by atoms with Gasteiger partial charge in [0.05, 0.1) is 29.1 Å².